The van der Waals surface area contributed by atoms with Gasteiger partial charge < -0.3 is 14.0 Å². The average Bonchev–Trinajstić information content (AvgIpc) is 3.50. The van der Waals surface area contributed by atoms with E-state index in [1.807, 2.05) is 32.2 Å². The van der Waals surface area contributed by atoms with Crippen LogP contribution in [0.2, 0.25) is 0 Å². The van der Waals surface area contributed by atoms with Crippen molar-refractivity contribution in [1.29, 1.82) is 0 Å². The first-order valence-corrected chi connectivity index (χ1v) is 12.0. The number of pyridine rings is 1. The number of aliphatic imine (C=N–C) groups is 1. The van der Waals surface area contributed by atoms with Gasteiger partial charge in [0.25, 0.3) is 0 Å². The number of nitrogens with zero attached hydrogens (tertiary/aromatic N) is 5. The zero-order valence-corrected chi connectivity index (χ0v) is 19.6. The molecular weight excluding hydrogens is 426 g/mol. The first-order valence-electron chi connectivity index (χ1n) is 12.0. The highest BCUT2D eigenvalue weighted by atomic mass is 16.8. The summed E-state index contributed by atoms with van der Waals surface area (Å²) in [4.78, 5) is 17.4. The highest BCUT2D eigenvalue weighted by Gasteiger charge is 2.54. The summed E-state index contributed by atoms with van der Waals surface area (Å²) in [5, 5.41) is 2.10. The lowest BCUT2D eigenvalue weighted by molar-refractivity contribution is -0.160. The van der Waals surface area contributed by atoms with Gasteiger partial charge in [-0.05, 0) is 75.9 Å². The number of hydrogen-bond acceptors (Lipinski definition) is 6. The summed E-state index contributed by atoms with van der Waals surface area (Å²) < 4.78 is 15.1. The van der Waals surface area contributed by atoms with E-state index in [4.69, 9.17) is 9.47 Å². The second-order valence-corrected chi connectivity index (χ2v) is 9.87. The van der Waals surface area contributed by atoms with E-state index in [2.05, 4.69) is 61.7 Å². The zero-order valence-electron chi connectivity index (χ0n) is 19.6. The Bertz CT molecular complexity index is 1360. The van der Waals surface area contributed by atoms with E-state index in [9.17, 15) is 0 Å². The van der Waals surface area contributed by atoms with E-state index in [0.717, 1.165) is 42.2 Å². The second kappa shape index (κ2) is 8.25. The molecule has 3 aromatic heterocycles. The van der Waals surface area contributed by atoms with Crippen molar-refractivity contribution in [2.75, 3.05) is 0 Å². The van der Waals surface area contributed by atoms with Crippen LogP contribution in [0.1, 0.15) is 44.7 Å². The van der Waals surface area contributed by atoms with Crippen LogP contribution in [-0.2, 0) is 15.9 Å². The molecule has 174 valence electrons. The van der Waals surface area contributed by atoms with Crippen molar-refractivity contribution in [3.8, 4) is 0 Å². The van der Waals surface area contributed by atoms with E-state index in [1.165, 1.54) is 10.9 Å². The van der Waals surface area contributed by atoms with Gasteiger partial charge in [0.05, 0.1) is 23.0 Å². The molecule has 4 heterocycles. The first-order chi connectivity index (χ1) is 16.5. The van der Waals surface area contributed by atoms with E-state index in [-0.39, 0.29) is 18.2 Å². The Kier molecular flexibility index (Phi) is 5.19. The monoisotopic (exact) mass is 455 g/mol. The number of benzene rings is 1. The van der Waals surface area contributed by atoms with Crippen molar-refractivity contribution in [3.63, 3.8) is 0 Å². The first kappa shape index (κ1) is 21.4. The number of aryl methyl sites for hydroxylation is 1. The lowest BCUT2D eigenvalue weighted by Crippen LogP contribution is -2.27. The van der Waals surface area contributed by atoms with Crippen LogP contribution in [0.4, 0.5) is 5.82 Å². The molecule has 6 rings (SSSR count). The molecule has 1 aromatic carbocycles. The molecule has 4 aromatic rings. The quantitative estimate of drug-likeness (QED) is 0.363. The maximum absolute atomic E-state index is 6.43. The summed E-state index contributed by atoms with van der Waals surface area (Å²) in [6, 6.07) is 12.9. The van der Waals surface area contributed by atoms with Crippen molar-refractivity contribution in [2.45, 2.75) is 63.6 Å². The van der Waals surface area contributed by atoms with Crippen LogP contribution in [0.25, 0.3) is 21.9 Å². The van der Waals surface area contributed by atoms with Gasteiger partial charge in [-0.25, -0.2) is 15.0 Å². The fourth-order valence-corrected chi connectivity index (χ4v) is 5.80. The lowest BCUT2D eigenvalue weighted by atomic mass is 9.96. The van der Waals surface area contributed by atoms with Crippen molar-refractivity contribution < 1.29 is 9.47 Å². The molecule has 0 bridgehead atoms. The maximum Gasteiger partial charge on any atom is 0.164 e. The van der Waals surface area contributed by atoms with Gasteiger partial charge in [0.15, 0.2) is 11.6 Å². The van der Waals surface area contributed by atoms with Crippen molar-refractivity contribution in [2.24, 2.45) is 10.9 Å². The third kappa shape index (κ3) is 3.69. The van der Waals surface area contributed by atoms with Crippen LogP contribution in [0.15, 0.2) is 60.1 Å². The molecule has 0 spiro atoms. The minimum Gasteiger partial charge on any atom is -0.344 e. The SMILES string of the molecule is C=Nc1ncnc2c1ccn2C1CC(CCCc2ccc3cccnc3c2)[C@H]2OC(C)(C)O[C@@H]12. The van der Waals surface area contributed by atoms with Gasteiger partial charge in [0.1, 0.15) is 18.1 Å². The summed E-state index contributed by atoms with van der Waals surface area (Å²) in [7, 11) is 0. The summed E-state index contributed by atoms with van der Waals surface area (Å²) in [5.74, 6) is 0.456. The Labute approximate surface area is 198 Å². The Morgan fingerprint density at radius 3 is 2.88 bits per heavy atom. The number of rotatable bonds is 6. The second-order valence-electron chi connectivity index (χ2n) is 9.87. The number of aromatic nitrogens is 4. The van der Waals surface area contributed by atoms with E-state index >= 15 is 0 Å². The van der Waals surface area contributed by atoms with Crippen molar-refractivity contribution in [1.82, 2.24) is 19.5 Å². The predicted octanol–water partition coefficient (Wildman–Crippen LogP) is 5.42. The fourth-order valence-electron chi connectivity index (χ4n) is 5.80. The molecule has 7 heteroatoms. The van der Waals surface area contributed by atoms with Crippen LogP contribution in [0.3, 0.4) is 0 Å². The number of hydrogen-bond donors (Lipinski definition) is 0. The van der Waals surface area contributed by atoms with E-state index in [0.29, 0.717) is 11.7 Å². The molecule has 0 radical (unpaired) electrons. The van der Waals surface area contributed by atoms with E-state index < -0.39 is 5.79 Å². The fraction of sp³-hybridized carbons (Fsp3) is 0.407. The van der Waals surface area contributed by atoms with Crippen LogP contribution in [-0.4, -0.2) is 44.2 Å². The average molecular weight is 456 g/mol. The Morgan fingerprint density at radius 2 is 2.00 bits per heavy atom. The Morgan fingerprint density at radius 1 is 1.12 bits per heavy atom. The highest BCUT2D eigenvalue weighted by molar-refractivity contribution is 5.86. The summed E-state index contributed by atoms with van der Waals surface area (Å²) in [6.45, 7) is 7.67. The molecule has 1 aliphatic carbocycles. The lowest BCUT2D eigenvalue weighted by Gasteiger charge is -2.24. The summed E-state index contributed by atoms with van der Waals surface area (Å²) >= 11 is 0. The van der Waals surface area contributed by atoms with Gasteiger partial charge in [-0.1, -0.05) is 18.2 Å². The van der Waals surface area contributed by atoms with Gasteiger partial charge in [0, 0.05) is 17.8 Å². The van der Waals surface area contributed by atoms with Crippen molar-refractivity contribution in [3.05, 3.63) is 60.7 Å². The molecule has 34 heavy (non-hydrogen) atoms. The number of ether oxygens (including phenoxy) is 2. The summed E-state index contributed by atoms with van der Waals surface area (Å²) in [5.41, 5.74) is 3.27. The largest absolute Gasteiger partial charge is 0.344 e. The van der Waals surface area contributed by atoms with Crippen LogP contribution >= 0.6 is 0 Å². The van der Waals surface area contributed by atoms with Crippen LogP contribution < -0.4 is 0 Å². The van der Waals surface area contributed by atoms with Gasteiger partial charge >= 0.3 is 0 Å². The molecule has 1 saturated carbocycles. The molecule has 2 aliphatic rings. The standard InChI is InChI=1S/C27H29N5O2/c1-27(2)33-23-19(7-4-6-17-9-10-18-8-5-12-29-21(18)14-17)15-22(24(23)34-27)32-13-11-20-25(28-3)30-16-31-26(20)32/h5,8-14,16,19,22-24H,3-4,6-7,15H2,1-2H3/t19?,22?,23-,24+/m1/s1. The Balaban J connectivity index is 1.22. The van der Waals surface area contributed by atoms with Gasteiger partial charge in [-0.3, -0.25) is 4.98 Å². The number of fused-ring (bicyclic) bond motifs is 3. The molecule has 7 nitrogen and oxygen atoms in total. The normalized spacial score (nSPS) is 25.7. The highest BCUT2D eigenvalue weighted by Crippen LogP contribution is 2.49. The topological polar surface area (TPSA) is 74.4 Å². The molecule has 1 saturated heterocycles. The molecule has 0 N–H and O–H groups in total. The minimum absolute atomic E-state index is 0.00410. The molecular formula is C27H29N5O2. The van der Waals surface area contributed by atoms with Crippen molar-refractivity contribution >= 4 is 34.5 Å². The molecule has 1 aliphatic heterocycles. The minimum atomic E-state index is -0.581. The molecule has 4 atom stereocenters. The molecule has 2 fully saturated rings. The molecule has 0 amide bonds. The smallest absolute Gasteiger partial charge is 0.164 e. The third-order valence-corrected chi connectivity index (χ3v) is 7.26. The van der Waals surface area contributed by atoms with Gasteiger partial charge in [0.2, 0.25) is 0 Å². The summed E-state index contributed by atoms with van der Waals surface area (Å²) in [6.07, 6.45) is 9.78. The van der Waals surface area contributed by atoms with Gasteiger partial charge in [-0.15, -0.1) is 0 Å². The zero-order chi connectivity index (χ0) is 23.3. The predicted molar refractivity (Wildman–Crippen MR) is 132 cm³/mol. The molecule has 2 unspecified atom stereocenters. The third-order valence-electron chi connectivity index (χ3n) is 7.26. The van der Waals surface area contributed by atoms with Crippen LogP contribution in [0, 0.1) is 5.92 Å². The maximum atomic E-state index is 6.43. The van der Waals surface area contributed by atoms with Gasteiger partial charge in [-0.2, -0.15) is 0 Å². The Hall–Kier alpha value is -3.16. The van der Waals surface area contributed by atoms with Crippen LogP contribution in [0.5, 0.6) is 0 Å². The van der Waals surface area contributed by atoms with E-state index in [1.54, 1.807) is 6.33 Å².